The van der Waals surface area contributed by atoms with Crippen LogP contribution in [0.1, 0.15) is 29.9 Å². The molecule has 3 rings (SSSR count). The summed E-state index contributed by atoms with van der Waals surface area (Å²) in [7, 11) is 0. The standard InChI is InChI=1S/C14H17N3O/c1-2-15-7-10-8-16-14(17-10)12-9-18-13-6-4-3-5-11(12)13/h3-6,8,12,15H,2,7,9H2,1H3,(H,16,17). The van der Waals surface area contributed by atoms with Gasteiger partial charge in [0, 0.05) is 24.0 Å². The van der Waals surface area contributed by atoms with Crippen LogP contribution in [0.4, 0.5) is 0 Å². The molecule has 0 aliphatic carbocycles. The lowest BCUT2D eigenvalue weighted by molar-refractivity contribution is 0.340. The summed E-state index contributed by atoms with van der Waals surface area (Å²) in [6.07, 6.45) is 1.90. The predicted molar refractivity (Wildman–Crippen MR) is 69.7 cm³/mol. The van der Waals surface area contributed by atoms with E-state index in [2.05, 4.69) is 28.3 Å². The number of para-hydroxylation sites is 1. The Bertz CT molecular complexity index is 535. The second-order valence-corrected chi connectivity index (χ2v) is 4.48. The third-order valence-electron chi connectivity index (χ3n) is 3.24. The Balaban J connectivity index is 1.82. The molecule has 1 aromatic heterocycles. The second-order valence-electron chi connectivity index (χ2n) is 4.48. The molecule has 0 bridgehead atoms. The van der Waals surface area contributed by atoms with Gasteiger partial charge in [0.15, 0.2) is 0 Å². The van der Waals surface area contributed by atoms with Crippen LogP contribution in [-0.4, -0.2) is 23.1 Å². The van der Waals surface area contributed by atoms with E-state index in [1.54, 1.807) is 0 Å². The van der Waals surface area contributed by atoms with Crippen LogP contribution in [0, 0.1) is 0 Å². The van der Waals surface area contributed by atoms with Gasteiger partial charge < -0.3 is 15.0 Å². The van der Waals surface area contributed by atoms with Gasteiger partial charge in [0.05, 0.1) is 5.92 Å². The fraction of sp³-hybridized carbons (Fsp3) is 0.357. The summed E-state index contributed by atoms with van der Waals surface area (Å²) in [6.45, 7) is 4.56. The van der Waals surface area contributed by atoms with Gasteiger partial charge in [-0.3, -0.25) is 0 Å². The van der Waals surface area contributed by atoms with Crippen molar-refractivity contribution in [2.75, 3.05) is 13.2 Å². The van der Waals surface area contributed by atoms with Crippen molar-refractivity contribution in [2.45, 2.75) is 19.4 Å². The van der Waals surface area contributed by atoms with Gasteiger partial charge in [-0.2, -0.15) is 0 Å². The molecule has 1 atom stereocenters. The molecule has 0 saturated heterocycles. The van der Waals surface area contributed by atoms with Crippen LogP contribution in [0.15, 0.2) is 30.5 Å². The minimum atomic E-state index is 0.233. The molecule has 0 spiro atoms. The average Bonchev–Trinajstić information content (AvgIpc) is 3.02. The molecule has 2 heterocycles. The molecule has 1 aromatic carbocycles. The molecule has 0 amide bonds. The fourth-order valence-electron chi connectivity index (χ4n) is 2.29. The van der Waals surface area contributed by atoms with Crippen molar-refractivity contribution in [3.05, 3.63) is 47.5 Å². The molecule has 4 heteroatoms. The largest absolute Gasteiger partial charge is 0.492 e. The lowest BCUT2D eigenvalue weighted by Gasteiger charge is -2.04. The van der Waals surface area contributed by atoms with Gasteiger partial charge >= 0.3 is 0 Å². The maximum Gasteiger partial charge on any atom is 0.123 e. The van der Waals surface area contributed by atoms with Gasteiger partial charge in [-0.05, 0) is 12.6 Å². The highest BCUT2D eigenvalue weighted by molar-refractivity contribution is 5.42. The molecule has 0 radical (unpaired) electrons. The van der Waals surface area contributed by atoms with Crippen molar-refractivity contribution >= 4 is 0 Å². The van der Waals surface area contributed by atoms with Crippen LogP contribution in [-0.2, 0) is 6.54 Å². The highest BCUT2D eigenvalue weighted by atomic mass is 16.5. The molecule has 2 N–H and O–H groups in total. The van der Waals surface area contributed by atoms with Crippen LogP contribution >= 0.6 is 0 Å². The Morgan fingerprint density at radius 3 is 3.22 bits per heavy atom. The lowest BCUT2D eigenvalue weighted by Crippen LogP contribution is -2.12. The molecular formula is C14H17N3O. The van der Waals surface area contributed by atoms with Crippen molar-refractivity contribution in [1.29, 1.82) is 0 Å². The first-order valence-corrected chi connectivity index (χ1v) is 6.34. The molecule has 94 valence electrons. The van der Waals surface area contributed by atoms with E-state index in [0.717, 1.165) is 30.4 Å². The van der Waals surface area contributed by atoms with Crippen LogP contribution in [0.5, 0.6) is 5.75 Å². The Labute approximate surface area is 106 Å². The zero-order valence-corrected chi connectivity index (χ0v) is 10.4. The monoisotopic (exact) mass is 243 g/mol. The number of hydrogen-bond acceptors (Lipinski definition) is 3. The summed E-state index contributed by atoms with van der Waals surface area (Å²) in [5.41, 5.74) is 2.35. The number of aromatic amines is 1. The third kappa shape index (κ3) is 1.99. The quantitative estimate of drug-likeness (QED) is 0.864. The highest BCUT2D eigenvalue weighted by Crippen LogP contribution is 2.36. The van der Waals surface area contributed by atoms with Crippen molar-refractivity contribution in [2.24, 2.45) is 0 Å². The number of aromatic nitrogens is 2. The van der Waals surface area contributed by atoms with Crippen LogP contribution < -0.4 is 10.1 Å². The number of imidazole rings is 1. The number of rotatable bonds is 4. The summed E-state index contributed by atoms with van der Waals surface area (Å²) in [6, 6.07) is 8.17. The van der Waals surface area contributed by atoms with Gasteiger partial charge in [-0.15, -0.1) is 0 Å². The molecular weight excluding hydrogens is 226 g/mol. The minimum absolute atomic E-state index is 0.233. The average molecular weight is 243 g/mol. The van der Waals surface area contributed by atoms with Crippen molar-refractivity contribution < 1.29 is 4.74 Å². The summed E-state index contributed by atoms with van der Waals surface area (Å²) in [5, 5.41) is 3.29. The van der Waals surface area contributed by atoms with E-state index in [-0.39, 0.29) is 5.92 Å². The lowest BCUT2D eigenvalue weighted by atomic mass is 10.0. The smallest absolute Gasteiger partial charge is 0.123 e. The summed E-state index contributed by atoms with van der Waals surface area (Å²) in [5.74, 6) is 2.21. The number of nitrogens with one attached hydrogen (secondary N) is 2. The van der Waals surface area contributed by atoms with E-state index >= 15 is 0 Å². The number of hydrogen-bond donors (Lipinski definition) is 2. The van der Waals surface area contributed by atoms with Crippen molar-refractivity contribution in [3.8, 4) is 5.75 Å². The van der Waals surface area contributed by atoms with Gasteiger partial charge in [0.2, 0.25) is 0 Å². The molecule has 2 aromatic rings. The zero-order chi connectivity index (χ0) is 12.4. The van der Waals surface area contributed by atoms with Crippen LogP contribution in [0.2, 0.25) is 0 Å². The van der Waals surface area contributed by atoms with Crippen LogP contribution in [0.25, 0.3) is 0 Å². The van der Waals surface area contributed by atoms with Crippen molar-refractivity contribution in [1.82, 2.24) is 15.3 Å². The second kappa shape index (κ2) is 4.82. The molecule has 0 fully saturated rings. The Morgan fingerprint density at radius 1 is 1.44 bits per heavy atom. The Hall–Kier alpha value is -1.81. The molecule has 1 unspecified atom stereocenters. The number of H-pyrrole nitrogens is 1. The number of benzene rings is 1. The molecule has 18 heavy (non-hydrogen) atoms. The van der Waals surface area contributed by atoms with E-state index in [0.29, 0.717) is 6.61 Å². The predicted octanol–water partition coefficient (Wildman–Crippen LogP) is 2.04. The SMILES string of the molecule is CCNCc1cnc(C2COc3ccccc32)[nH]1. The Kier molecular flexibility index (Phi) is 3.02. The van der Waals surface area contributed by atoms with Gasteiger partial charge in [-0.1, -0.05) is 25.1 Å². The Morgan fingerprint density at radius 2 is 2.33 bits per heavy atom. The summed E-state index contributed by atoms with van der Waals surface area (Å²) in [4.78, 5) is 7.85. The number of ether oxygens (including phenoxy) is 1. The number of fused-ring (bicyclic) bond motifs is 1. The molecule has 1 aliphatic rings. The van der Waals surface area contributed by atoms with Crippen LogP contribution in [0.3, 0.4) is 0 Å². The maximum atomic E-state index is 5.68. The van der Waals surface area contributed by atoms with Gasteiger partial charge in [-0.25, -0.2) is 4.98 Å². The molecule has 4 nitrogen and oxygen atoms in total. The first-order chi connectivity index (χ1) is 8.88. The topological polar surface area (TPSA) is 49.9 Å². The number of nitrogens with zero attached hydrogens (tertiary/aromatic N) is 1. The maximum absolute atomic E-state index is 5.68. The minimum Gasteiger partial charge on any atom is -0.492 e. The van der Waals surface area contributed by atoms with E-state index < -0.39 is 0 Å². The van der Waals surface area contributed by atoms with Gasteiger partial charge in [0.1, 0.15) is 18.2 Å². The van der Waals surface area contributed by atoms with E-state index in [1.165, 1.54) is 5.56 Å². The van der Waals surface area contributed by atoms with Gasteiger partial charge in [0.25, 0.3) is 0 Å². The normalized spacial score (nSPS) is 17.5. The zero-order valence-electron chi connectivity index (χ0n) is 10.4. The van der Waals surface area contributed by atoms with E-state index in [4.69, 9.17) is 4.74 Å². The van der Waals surface area contributed by atoms with E-state index in [9.17, 15) is 0 Å². The first kappa shape index (κ1) is 11.3. The molecule has 1 aliphatic heterocycles. The van der Waals surface area contributed by atoms with E-state index in [1.807, 2.05) is 24.4 Å². The molecule has 0 saturated carbocycles. The fourth-order valence-corrected chi connectivity index (χ4v) is 2.29. The third-order valence-corrected chi connectivity index (χ3v) is 3.24. The summed E-state index contributed by atoms with van der Waals surface area (Å²) < 4.78 is 5.68. The highest BCUT2D eigenvalue weighted by Gasteiger charge is 2.27. The first-order valence-electron chi connectivity index (χ1n) is 6.34. The summed E-state index contributed by atoms with van der Waals surface area (Å²) >= 11 is 0. The van der Waals surface area contributed by atoms with Crippen molar-refractivity contribution in [3.63, 3.8) is 0 Å².